The maximum Gasteiger partial charge on any atom is 0.0383 e. The molecule has 5 heteroatoms. The molecule has 0 bridgehead atoms. The van der Waals surface area contributed by atoms with Gasteiger partial charge in [0.25, 0.3) is 0 Å². The van der Waals surface area contributed by atoms with Crippen LogP contribution in [0.4, 0.5) is 0 Å². The molecule has 0 aromatic heterocycles. The van der Waals surface area contributed by atoms with Gasteiger partial charge in [0.1, 0.15) is 0 Å². The van der Waals surface area contributed by atoms with Gasteiger partial charge in [-0.2, -0.15) is 0 Å². The van der Waals surface area contributed by atoms with E-state index < -0.39 is 5.97 Å². The van der Waals surface area contributed by atoms with Gasteiger partial charge in [-0.15, -0.1) is 0 Å². The number of carboxylic acids is 1. The van der Waals surface area contributed by atoms with Crippen molar-refractivity contribution in [2.24, 2.45) is 0 Å². The van der Waals surface area contributed by atoms with E-state index in [0.717, 1.165) is 6.92 Å². The zero-order valence-electron chi connectivity index (χ0n) is 3.51. The van der Waals surface area contributed by atoms with Crippen molar-refractivity contribution >= 4 is 5.97 Å². The van der Waals surface area contributed by atoms with Crippen LogP contribution in [0.1, 0.15) is 6.92 Å². The third-order valence-corrected chi connectivity index (χ3v) is 0. The van der Waals surface area contributed by atoms with Gasteiger partial charge in [0, 0.05) is 23.0 Å². The summed E-state index contributed by atoms with van der Waals surface area (Å²) in [4.78, 5) is 8.89. The van der Waals surface area contributed by atoms with E-state index in [1.807, 2.05) is 0 Å². The Morgan fingerprint density at radius 1 is 1.43 bits per heavy atom. The van der Waals surface area contributed by atoms with Crippen molar-refractivity contribution in [2.45, 2.75) is 6.92 Å². The topological polar surface area (TPSA) is 97.1 Å². The molecule has 0 saturated carbocycles. The third kappa shape index (κ3) is 11000. The fourth-order valence-electron chi connectivity index (χ4n) is 0. The molecule has 0 aromatic rings. The van der Waals surface area contributed by atoms with Gasteiger partial charge < -0.3 is 20.9 Å². The van der Waals surface area contributed by atoms with Gasteiger partial charge in [-0.05, 0) is 6.92 Å². The van der Waals surface area contributed by atoms with E-state index >= 15 is 0 Å². The minimum atomic E-state index is -1.08. The molecule has 0 aliphatic carbocycles. The quantitative estimate of drug-likeness (QED) is 0.389. The summed E-state index contributed by atoms with van der Waals surface area (Å²) in [6.07, 6.45) is 0. The van der Waals surface area contributed by atoms with E-state index in [1.54, 1.807) is 0 Å². The largest absolute Gasteiger partial charge is 2.00 e. The molecule has 0 aliphatic heterocycles. The fraction of sp³-hybridized carbons (Fsp3) is 0.500. The summed E-state index contributed by atoms with van der Waals surface area (Å²) in [6.45, 7) is 0.972. The second-order valence-electron chi connectivity index (χ2n) is 0.492. The predicted molar refractivity (Wildman–Crippen MR) is 12.1 cm³/mol. The van der Waals surface area contributed by atoms with E-state index in [-0.39, 0.29) is 28.0 Å². The normalized spacial score (nSPS) is 3.57. The maximum atomic E-state index is 8.89. The zero-order chi connectivity index (χ0) is 3.58. The number of hydrogen-bond donors (Lipinski definition) is 0. The van der Waals surface area contributed by atoms with Gasteiger partial charge in [-0.3, -0.25) is 0 Å². The Balaban J connectivity index is -0.0000000150. The van der Waals surface area contributed by atoms with Crippen molar-refractivity contribution in [1.82, 2.24) is 0 Å². The molecule has 47 valence electrons. The van der Waals surface area contributed by atoms with Crippen molar-refractivity contribution < 1.29 is 37.9 Å². The maximum absolute atomic E-state index is 8.89. The van der Waals surface area contributed by atoms with Crippen LogP contribution in [0.25, 0.3) is 0 Å². The summed E-state index contributed by atoms with van der Waals surface area (Å²) in [5, 5.41) is 8.89. The number of carboxylic acid groups (broad SMARTS) is 1. The summed E-state index contributed by atoms with van der Waals surface area (Å²) in [7, 11) is 0. The number of carbonyl (C=O) groups is 1. The number of carbonyl (C=O) groups excluding carboxylic acids is 1. The third-order valence-electron chi connectivity index (χ3n) is 0. The van der Waals surface area contributed by atoms with Crippen LogP contribution < -0.4 is 5.11 Å². The van der Waals surface area contributed by atoms with Gasteiger partial charge in [0.05, 0.1) is 0 Å². The molecular formula is C2H3MnO4-5. The molecule has 0 heterocycles. The number of hydrogen-bond acceptors (Lipinski definition) is 2. The first-order chi connectivity index (χ1) is 1.73. The Bertz CT molecular complexity index is 32.7. The molecule has 7 heavy (non-hydrogen) atoms. The summed E-state index contributed by atoms with van der Waals surface area (Å²) < 4.78 is 0. The van der Waals surface area contributed by atoms with Gasteiger partial charge in [0.2, 0.25) is 0 Å². The molecule has 0 spiro atoms. The average molecular weight is 146 g/mol. The van der Waals surface area contributed by atoms with Gasteiger partial charge in [0.15, 0.2) is 0 Å². The van der Waals surface area contributed by atoms with Crippen molar-refractivity contribution in [3.8, 4) is 0 Å². The van der Waals surface area contributed by atoms with E-state index in [1.165, 1.54) is 0 Å². The number of aliphatic carboxylic acids is 1. The SMILES string of the molecule is CC(=O)[O-].[Mn].[O-2].[O-2]. The minimum absolute atomic E-state index is 0. The number of rotatable bonds is 0. The molecule has 4 nitrogen and oxygen atoms in total. The Hall–Kier alpha value is -0.0905. The van der Waals surface area contributed by atoms with E-state index in [2.05, 4.69) is 0 Å². The van der Waals surface area contributed by atoms with Crippen molar-refractivity contribution in [1.29, 1.82) is 0 Å². The molecule has 0 unspecified atom stereocenters. The standard InChI is InChI=1S/C2H4O2.Mn.2O/c1-2(3)4;;;/h1H3,(H,3,4);;;/q;;2*-2/p-1. The van der Waals surface area contributed by atoms with Crippen molar-refractivity contribution in [3.63, 3.8) is 0 Å². The molecule has 0 aromatic carbocycles. The van der Waals surface area contributed by atoms with Crippen LogP contribution in [0.3, 0.4) is 0 Å². The van der Waals surface area contributed by atoms with E-state index in [4.69, 9.17) is 9.90 Å². The first-order valence-corrected chi connectivity index (χ1v) is 0.908. The van der Waals surface area contributed by atoms with Crippen LogP contribution >= 0.6 is 0 Å². The van der Waals surface area contributed by atoms with E-state index in [0.29, 0.717) is 0 Å². The van der Waals surface area contributed by atoms with Gasteiger partial charge in [-0.25, -0.2) is 0 Å². The average Bonchev–Trinajstić information content (AvgIpc) is 0.811. The monoisotopic (exact) mass is 146 g/mol. The molecular weight excluding hydrogens is 143 g/mol. The molecule has 0 aliphatic rings. The summed E-state index contributed by atoms with van der Waals surface area (Å²) in [5.41, 5.74) is 0. The Morgan fingerprint density at radius 2 is 1.43 bits per heavy atom. The van der Waals surface area contributed by atoms with Crippen LogP contribution in [0.2, 0.25) is 0 Å². The van der Waals surface area contributed by atoms with Crippen molar-refractivity contribution in [3.05, 3.63) is 0 Å². The van der Waals surface area contributed by atoms with Crippen LogP contribution in [0.5, 0.6) is 0 Å². The molecule has 0 fully saturated rings. The first-order valence-electron chi connectivity index (χ1n) is 0.908. The Labute approximate surface area is 51.6 Å². The molecule has 1 radical (unpaired) electrons. The van der Waals surface area contributed by atoms with Crippen LogP contribution in [-0.4, -0.2) is 5.97 Å². The second kappa shape index (κ2) is 16.8. The molecule has 0 saturated heterocycles. The predicted octanol–water partition coefficient (Wildman–Crippen LogP) is -1.48. The summed E-state index contributed by atoms with van der Waals surface area (Å²) in [6, 6.07) is 0. The molecule has 0 rings (SSSR count). The Morgan fingerprint density at radius 3 is 1.43 bits per heavy atom. The van der Waals surface area contributed by atoms with Crippen LogP contribution in [-0.2, 0) is 32.8 Å². The fourth-order valence-corrected chi connectivity index (χ4v) is 0. The summed E-state index contributed by atoms with van der Waals surface area (Å²) in [5.74, 6) is -1.08. The van der Waals surface area contributed by atoms with Gasteiger partial charge in [-0.1, -0.05) is 0 Å². The van der Waals surface area contributed by atoms with E-state index in [9.17, 15) is 0 Å². The minimum Gasteiger partial charge on any atom is -2.00 e. The Kier molecular flexibility index (Phi) is 68.5. The molecule has 0 N–H and O–H groups in total. The van der Waals surface area contributed by atoms with Crippen molar-refractivity contribution in [2.75, 3.05) is 0 Å². The molecule has 0 amide bonds. The second-order valence-corrected chi connectivity index (χ2v) is 0.492. The zero-order valence-corrected chi connectivity index (χ0v) is 4.69. The first kappa shape index (κ1) is 28.5. The van der Waals surface area contributed by atoms with Crippen LogP contribution in [0, 0.1) is 0 Å². The van der Waals surface area contributed by atoms with Gasteiger partial charge >= 0.3 is 0 Å². The molecule has 0 atom stereocenters. The smallest absolute Gasteiger partial charge is 0.0383 e. The van der Waals surface area contributed by atoms with Crippen LogP contribution in [0.15, 0.2) is 0 Å². The summed E-state index contributed by atoms with van der Waals surface area (Å²) >= 11 is 0.